The zero-order valence-electron chi connectivity index (χ0n) is 13.7. The van der Waals surface area contributed by atoms with Gasteiger partial charge in [-0.15, -0.1) is 23.1 Å². The highest BCUT2D eigenvalue weighted by Crippen LogP contribution is 2.40. The van der Waals surface area contributed by atoms with Gasteiger partial charge >= 0.3 is 5.97 Å². The molecule has 1 saturated heterocycles. The molecule has 0 aromatic carbocycles. The average molecular weight is 365 g/mol. The molecule has 1 aromatic rings. The molecule has 2 N–H and O–H groups in total. The number of esters is 1. The maximum absolute atomic E-state index is 12.5. The van der Waals surface area contributed by atoms with Gasteiger partial charge in [0, 0.05) is 10.6 Å². The number of fused-ring (bicyclic) bond motifs is 1. The van der Waals surface area contributed by atoms with Crippen molar-refractivity contribution in [3.05, 3.63) is 33.4 Å². The van der Waals surface area contributed by atoms with Crippen LogP contribution < -0.4 is 5.73 Å². The summed E-state index contributed by atoms with van der Waals surface area (Å²) >= 11 is 3.10. The van der Waals surface area contributed by atoms with Gasteiger partial charge in [-0.2, -0.15) is 0 Å². The zero-order valence-corrected chi connectivity index (χ0v) is 15.3. The Kier molecular flexibility index (Phi) is 4.80. The third kappa shape index (κ3) is 3.01. The molecule has 1 unspecified atom stereocenters. The lowest BCUT2D eigenvalue weighted by Crippen LogP contribution is -2.68. The van der Waals surface area contributed by atoms with Crippen LogP contribution >= 0.6 is 23.1 Å². The van der Waals surface area contributed by atoms with Gasteiger partial charge in [-0.3, -0.25) is 9.69 Å². The number of carbonyl (C=O) groups excluding carboxylic acids is 2. The van der Waals surface area contributed by atoms with Gasteiger partial charge in [-0.05, 0) is 32.4 Å². The Hall–Kier alpha value is -1.64. The minimum atomic E-state index is -0.550. The lowest BCUT2D eigenvalue weighted by atomic mass is 10.0. The first-order chi connectivity index (χ1) is 11.4. The Balaban J connectivity index is 1.95. The van der Waals surface area contributed by atoms with Crippen molar-refractivity contribution in [1.82, 2.24) is 9.88 Å². The van der Waals surface area contributed by atoms with E-state index in [4.69, 9.17) is 10.5 Å². The quantitative estimate of drug-likeness (QED) is 0.648. The number of thiazole rings is 1. The van der Waals surface area contributed by atoms with Crippen LogP contribution in [-0.2, 0) is 14.3 Å². The standard InChI is InChI=1S/C16H19N3O3S2/c1-8(2)22-16(21)13-10(4-5-11-9(3)18-7-24-11)6-23-15-12(17)14(20)19(13)15/h4-5,7-8,12,15H,6,17H2,1-3H3/b5-4-/t12?,15-/m1/s1. The maximum Gasteiger partial charge on any atom is 0.355 e. The second-order valence-electron chi connectivity index (χ2n) is 5.90. The van der Waals surface area contributed by atoms with E-state index >= 15 is 0 Å². The summed E-state index contributed by atoms with van der Waals surface area (Å²) in [6.45, 7) is 5.50. The number of aryl methyl sites for hydroxylation is 1. The third-order valence-corrected chi connectivity index (χ3v) is 6.01. The normalized spacial score (nSPS) is 23.7. The Morgan fingerprint density at radius 1 is 1.50 bits per heavy atom. The highest BCUT2D eigenvalue weighted by atomic mass is 32.2. The number of aromatic nitrogens is 1. The van der Waals surface area contributed by atoms with E-state index in [1.54, 1.807) is 31.1 Å². The van der Waals surface area contributed by atoms with E-state index in [1.807, 2.05) is 19.1 Å². The number of allylic oxidation sites excluding steroid dienone is 1. The molecule has 0 aliphatic carbocycles. The first-order valence-electron chi connectivity index (χ1n) is 7.62. The predicted molar refractivity (Wildman–Crippen MR) is 95.2 cm³/mol. The topological polar surface area (TPSA) is 85.5 Å². The molecular weight excluding hydrogens is 346 g/mol. The lowest BCUT2D eigenvalue weighted by molar-refractivity contribution is -0.152. The molecule has 8 heteroatoms. The summed E-state index contributed by atoms with van der Waals surface area (Å²) in [5, 5.41) is -0.186. The number of ether oxygens (including phenoxy) is 1. The molecule has 0 bridgehead atoms. The highest BCUT2D eigenvalue weighted by molar-refractivity contribution is 8.00. The summed E-state index contributed by atoms with van der Waals surface area (Å²) < 4.78 is 5.33. The largest absolute Gasteiger partial charge is 0.458 e. The predicted octanol–water partition coefficient (Wildman–Crippen LogP) is 1.91. The van der Waals surface area contributed by atoms with Crippen LogP contribution in [-0.4, -0.2) is 45.0 Å². The van der Waals surface area contributed by atoms with Gasteiger partial charge in [0.05, 0.1) is 17.3 Å². The Labute approximate surface area is 148 Å². The van der Waals surface area contributed by atoms with E-state index in [0.29, 0.717) is 11.4 Å². The molecule has 24 heavy (non-hydrogen) atoms. The fourth-order valence-electron chi connectivity index (χ4n) is 2.57. The van der Waals surface area contributed by atoms with Gasteiger partial charge in [0.15, 0.2) is 0 Å². The van der Waals surface area contributed by atoms with Crippen LogP contribution in [0.1, 0.15) is 24.4 Å². The van der Waals surface area contributed by atoms with Crippen LogP contribution in [0.25, 0.3) is 6.08 Å². The second-order valence-corrected chi connectivity index (χ2v) is 7.89. The van der Waals surface area contributed by atoms with Crippen molar-refractivity contribution in [3.8, 4) is 0 Å². The smallest absolute Gasteiger partial charge is 0.355 e. The Morgan fingerprint density at radius 3 is 2.88 bits per heavy atom. The number of hydrogen-bond acceptors (Lipinski definition) is 7. The number of hydrogen-bond donors (Lipinski definition) is 1. The molecule has 0 spiro atoms. The van der Waals surface area contributed by atoms with E-state index in [2.05, 4.69) is 4.98 Å². The second kappa shape index (κ2) is 6.70. The summed E-state index contributed by atoms with van der Waals surface area (Å²) in [4.78, 5) is 31.4. The van der Waals surface area contributed by atoms with Crippen molar-refractivity contribution in [1.29, 1.82) is 0 Å². The average Bonchev–Trinajstić information content (AvgIpc) is 2.95. The van der Waals surface area contributed by atoms with Crippen LogP contribution in [0.4, 0.5) is 0 Å². The molecule has 6 nitrogen and oxygen atoms in total. The van der Waals surface area contributed by atoms with Crippen LogP contribution in [0.2, 0.25) is 0 Å². The third-order valence-electron chi connectivity index (χ3n) is 3.79. The van der Waals surface area contributed by atoms with E-state index in [9.17, 15) is 9.59 Å². The molecule has 2 aliphatic heterocycles. The molecule has 0 saturated carbocycles. The lowest BCUT2D eigenvalue weighted by Gasteiger charge is -2.48. The summed E-state index contributed by atoms with van der Waals surface area (Å²) in [5.74, 6) is -0.0991. The van der Waals surface area contributed by atoms with Gasteiger partial charge in [0.1, 0.15) is 17.1 Å². The fourth-order valence-corrected chi connectivity index (χ4v) is 4.53. The zero-order chi connectivity index (χ0) is 17.4. The number of β-lactam (4-membered cyclic amide) rings is 1. The first-order valence-corrected chi connectivity index (χ1v) is 9.55. The van der Waals surface area contributed by atoms with E-state index < -0.39 is 12.0 Å². The van der Waals surface area contributed by atoms with Crippen molar-refractivity contribution in [2.24, 2.45) is 5.73 Å². The number of thioether (sulfide) groups is 1. The molecule has 2 aliphatic rings. The molecule has 128 valence electrons. The van der Waals surface area contributed by atoms with Crippen LogP contribution in [0.3, 0.4) is 0 Å². The summed E-state index contributed by atoms with van der Waals surface area (Å²) in [6, 6.07) is -0.550. The number of amides is 1. The SMILES string of the molecule is Cc1ncsc1/C=C\C1=C(C(=O)OC(C)C)N2C(=O)C(N)[C@H]2SC1. The number of carbonyl (C=O) groups is 2. The summed E-state index contributed by atoms with van der Waals surface area (Å²) in [5.41, 5.74) is 9.65. The molecule has 3 rings (SSSR count). The fraction of sp³-hybridized carbons (Fsp3) is 0.438. The molecule has 0 radical (unpaired) electrons. The van der Waals surface area contributed by atoms with Crippen molar-refractivity contribution in [2.75, 3.05) is 5.75 Å². The number of rotatable bonds is 4. The Bertz CT molecular complexity index is 739. The maximum atomic E-state index is 12.5. The minimum Gasteiger partial charge on any atom is -0.458 e. The van der Waals surface area contributed by atoms with Crippen molar-refractivity contribution in [3.63, 3.8) is 0 Å². The molecule has 1 aromatic heterocycles. The number of nitrogens with two attached hydrogens (primary N) is 1. The first kappa shape index (κ1) is 17.2. The molecule has 1 fully saturated rings. The van der Waals surface area contributed by atoms with Gasteiger partial charge < -0.3 is 10.5 Å². The Morgan fingerprint density at radius 2 is 2.25 bits per heavy atom. The highest BCUT2D eigenvalue weighted by Gasteiger charge is 2.51. The summed E-state index contributed by atoms with van der Waals surface area (Å²) in [7, 11) is 0. The minimum absolute atomic E-state index is 0.186. The van der Waals surface area contributed by atoms with E-state index in [0.717, 1.165) is 16.1 Å². The molecule has 1 amide bonds. The van der Waals surface area contributed by atoms with Crippen molar-refractivity contribution >= 4 is 41.1 Å². The molecular formula is C16H19N3O3S2. The van der Waals surface area contributed by atoms with Crippen LogP contribution in [0.5, 0.6) is 0 Å². The van der Waals surface area contributed by atoms with Crippen molar-refractivity contribution < 1.29 is 14.3 Å². The van der Waals surface area contributed by atoms with Gasteiger partial charge in [-0.25, -0.2) is 9.78 Å². The van der Waals surface area contributed by atoms with Gasteiger partial charge in [0.25, 0.3) is 0 Å². The van der Waals surface area contributed by atoms with Gasteiger partial charge in [0.2, 0.25) is 5.91 Å². The summed E-state index contributed by atoms with van der Waals surface area (Å²) in [6.07, 6.45) is 3.55. The van der Waals surface area contributed by atoms with Crippen LogP contribution in [0, 0.1) is 6.92 Å². The van der Waals surface area contributed by atoms with Crippen molar-refractivity contribution in [2.45, 2.75) is 38.3 Å². The molecule has 2 atom stereocenters. The van der Waals surface area contributed by atoms with Crippen LogP contribution in [0.15, 0.2) is 22.9 Å². The van der Waals surface area contributed by atoms with Gasteiger partial charge in [-0.1, -0.05) is 6.08 Å². The van der Waals surface area contributed by atoms with E-state index in [1.165, 1.54) is 16.2 Å². The molecule has 3 heterocycles. The van der Waals surface area contributed by atoms with E-state index in [-0.39, 0.29) is 17.4 Å². The number of nitrogens with zero attached hydrogens (tertiary/aromatic N) is 2. The monoisotopic (exact) mass is 365 g/mol.